The van der Waals surface area contributed by atoms with Crippen molar-refractivity contribution in [1.82, 2.24) is 5.32 Å². The normalized spacial score (nSPS) is 17.4. The number of hydrogen-bond acceptors (Lipinski definition) is 2. The SMILES string of the molecule is OCC1(CNCc2cc(F)ccc2Br)CC1. The minimum atomic E-state index is -0.219. The van der Waals surface area contributed by atoms with Crippen LogP contribution in [0.2, 0.25) is 0 Å². The molecule has 88 valence electrons. The molecule has 0 saturated heterocycles. The zero-order valence-electron chi connectivity index (χ0n) is 8.97. The van der Waals surface area contributed by atoms with Gasteiger partial charge in [-0.15, -0.1) is 0 Å². The molecule has 1 aliphatic rings. The van der Waals surface area contributed by atoms with Gasteiger partial charge in [0.1, 0.15) is 5.82 Å². The average Bonchev–Trinajstić information content (AvgIpc) is 3.04. The Kier molecular flexibility index (Phi) is 3.62. The predicted octanol–water partition coefficient (Wildman–Crippen LogP) is 2.45. The van der Waals surface area contributed by atoms with E-state index in [-0.39, 0.29) is 17.8 Å². The van der Waals surface area contributed by atoms with Crippen molar-refractivity contribution >= 4 is 15.9 Å². The summed E-state index contributed by atoms with van der Waals surface area (Å²) in [6, 6.07) is 4.67. The third-order valence-electron chi connectivity index (χ3n) is 3.12. The first-order valence-corrected chi connectivity index (χ1v) is 6.20. The molecule has 0 amide bonds. The Morgan fingerprint density at radius 3 is 2.81 bits per heavy atom. The van der Waals surface area contributed by atoms with Crippen LogP contribution in [-0.2, 0) is 6.54 Å². The molecule has 0 bridgehead atoms. The van der Waals surface area contributed by atoms with E-state index in [1.54, 1.807) is 6.07 Å². The molecule has 0 atom stereocenters. The number of hydrogen-bond donors (Lipinski definition) is 2. The van der Waals surface area contributed by atoms with Crippen molar-refractivity contribution in [3.63, 3.8) is 0 Å². The molecule has 2 nitrogen and oxygen atoms in total. The maximum Gasteiger partial charge on any atom is 0.123 e. The van der Waals surface area contributed by atoms with Crippen LogP contribution in [0.25, 0.3) is 0 Å². The van der Waals surface area contributed by atoms with Crippen LogP contribution in [0, 0.1) is 11.2 Å². The van der Waals surface area contributed by atoms with E-state index in [0.29, 0.717) is 6.54 Å². The fourth-order valence-electron chi connectivity index (χ4n) is 1.71. The van der Waals surface area contributed by atoms with Gasteiger partial charge in [-0.2, -0.15) is 0 Å². The first kappa shape index (κ1) is 12.0. The highest BCUT2D eigenvalue weighted by molar-refractivity contribution is 9.10. The molecule has 0 radical (unpaired) electrons. The van der Waals surface area contributed by atoms with Crippen LogP contribution < -0.4 is 5.32 Å². The number of nitrogens with one attached hydrogen (secondary N) is 1. The molecule has 4 heteroatoms. The van der Waals surface area contributed by atoms with Gasteiger partial charge in [0.05, 0.1) is 0 Å². The topological polar surface area (TPSA) is 32.3 Å². The van der Waals surface area contributed by atoms with Gasteiger partial charge in [0.15, 0.2) is 0 Å². The Balaban J connectivity index is 1.87. The van der Waals surface area contributed by atoms with Crippen LogP contribution in [0.15, 0.2) is 22.7 Å². The van der Waals surface area contributed by atoms with Gasteiger partial charge in [-0.25, -0.2) is 4.39 Å². The van der Waals surface area contributed by atoms with Crippen molar-refractivity contribution in [1.29, 1.82) is 0 Å². The van der Waals surface area contributed by atoms with E-state index in [9.17, 15) is 4.39 Å². The van der Waals surface area contributed by atoms with E-state index >= 15 is 0 Å². The molecule has 0 aromatic heterocycles. The summed E-state index contributed by atoms with van der Waals surface area (Å²) in [6.07, 6.45) is 2.17. The molecular formula is C12H15BrFNO. The number of aliphatic hydroxyl groups is 1. The Bertz CT molecular complexity index is 379. The standard InChI is InChI=1S/C12H15BrFNO/c13-11-2-1-10(14)5-9(11)6-15-7-12(8-16)3-4-12/h1-2,5,15-16H,3-4,6-8H2. The summed E-state index contributed by atoms with van der Waals surface area (Å²) in [5, 5.41) is 12.4. The fourth-order valence-corrected chi connectivity index (χ4v) is 2.10. The average molecular weight is 288 g/mol. The highest BCUT2D eigenvalue weighted by atomic mass is 79.9. The van der Waals surface area contributed by atoms with Gasteiger partial charge in [0.25, 0.3) is 0 Å². The molecule has 2 N–H and O–H groups in total. The zero-order valence-corrected chi connectivity index (χ0v) is 10.6. The van der Waals surface area contributed by atoms with Crippen molar-refractivity contribution in [3.05, 3.63) is 34.1 Å². The molecule has 0 heterocycles. The number of rotatable bonds is 5. The second kappa shape index (κ2) is 4.82. The molecule has 2 rings (SSSR count). The van der Waals surface area contributed by atoms with Crippen LogP contribution in [0.1, 0.15) is 18.4 Å². The van der Waals surface area contributed by atoms with E-state index in [0.717, 1.165) is 29.4 Å². The van der Waals surface area contributed by atoms with Crippen LogP contribution >= 0.6 is 15.9 Å². The molecule has 0 spiro atoms. The lowest BCUT2D eigenvalue weighted by Crippen LogP contribution is -2.26. The highest BCUT2D eigenvalue weighted by Gasteiger charge is 2.41. The van der Waals surface area contributed by atoms with E-state index in [1.807, 2.05) is 0 Å². The maximum absolute atomic E-state index is 13.0. The lowest BCUT2D eigenvalue weighted by atomic mass is 10.1. The fraction of sp³-hybridized carbons (Fsp3) is 0.500. The smallest absolute Gasteiger partial charge is 0.123 e. The third-order valence-corrected chi connectivity index (χ3v) is 3.89. The van der Waals surface area contributed by atoms with Crippen LogP contribution in [0.4, 0.5) is 4.39 Å². The predicted molar refractivity (Wildman–Crippen MR) is 64.6 cm³/mol. The number of halogens is 2. The van der Waals surface area contributed by atoms with Gasteiger partial charge in [0, 0.05) is 29.6 Å². The Hall–Kier alpha value is -0.450. The molecule has 0 unspecified atom stereocenters. The molecule has 1 fully saturated rings. The number of benzene rings is 1. The minimum Gasteiger partial charge on any atom is -0.396 e. The van der Waals surface area contributed by atoms with Gasteiger partial charge in [-0.3, -0.25) is 0 Å². The van der Waals surface area contributed by atoms with Crippen molar-refractivity contribution in [2.45, 2.75) is 19.4 Å². The van der Waals surface area contributed by atoms with Crippen molar-refractivity contribution in [2.24, 2.45) is 5.41 Å². The molecule has 16 heavy (non-hydrogen) atoms. The first-order chi connectivity index (χ1) is 7.65. The largest absolute Gasteiger partial charge is 0.396 e. The van der Waals surface area contributed by atoms with Crippen LogP contribution in [0.5, 0.6) is 0 Å². The third kappa shape index (κ3) is 2.81. The lowest BCUT2D eigenvalue weighted by molar-refractivity contribution is 0.207. The summed E-state index contributed by atoms with van der Waals surface area (Å²) in [7, 11) is 0. The summed E-state index contributed by atoms with van der Waals surface area (Å²) in [4.78, 5) is 0. The lowest BCUT2D eigenvalue weighted by Gasteiger charge is -2.13. The number of aliphatic hydroxyl groups excluding tert-OH is 1. The van der Waals surface area contributed by atoms with Crippen molar-refractivity contribution < 1.29 is 9.50 Å². The first-order valence-electron chi connectivity index (χ1n) is 5.41. The summed E-state index contributed by atoms with van der Waals surface area (Å²) in [6.45, 7) is 1.66. The summed E-state index contributed by atoms with van der Waals surface area (Å²) in [5.74, 6) is -0.219. The highest BCUT2D eigenvalue weighted by Crippen LogP contribution is 2.44. The zero-order chi connectivity index (χ0) is 11.6. The van der Waals surface area contributed by atoms with Crippen LogP contribution in [0.3, 0.4) is 0 Å². The maximum atomic E-state index is 13.0. The van der Waals surface area contributed by atoms with E-state index in [4.69, 9.17) is 5.11 Å². The second-order valence-electron chi connectivity index (χ2n) is 4.50. The summed E-state index contributed by atoms with van der Waals surface area (Å²) in [5.41, 5.74) is 1.01. The van der Waals surface area contributed by atoms with Gasteiger partial charge < -0.3 is 10.4 Å². The Morgan fingerprint density at radius 2 is 2.19 bits per heavy atom. The van der Waals surface area contributed by atoms with E-state index in [1.165, 1.54) is 12.1 Å². The van der Waals surface area contributed by atoms with Gasteiger partial charge >= 0.3 is 0 Å². The quantitative estimate of drug-likeness (QED) is 0.872. The molecule has 0 aliphatic heterocycles. The Labute approximate surface area is 103 Å². The molecular weight excluding hydrogens is 273 g/mol. The van der Waals surface area contributed by atoms with Gasteiger partial charge in [-0.05, 0) is 36.6 Å². The minimum absolute atomic E-state index is 0.0970. The Morgan fingerprint density at radius 1 is 1.44 bits per heavy atom. The molecule has 1 aromatic carbocycles. The second-order valence-corrected chi connectivity index (χ2v) is 5.35. The van der Waals surface area contributed by atoms with Gasteiger partial charge in [0.2, 0.25) is 0 Å². The monoisotopic (exact) mass is 287 g/mol. The van der Waals surface area contributed by atoms with E-state index in [2.05, 4.69) is 21.2 Å². The van der Waals surface area contributed by atoms with Crippen molar-refractivity contribution in [2.75, 3.05) is 13.2 Å². The summed E-state index contributed by atoms with van der Waals surface area (Å²) >= 11 is 3.39. The van der Waals surface area contributed by atoms with Gasteiger partial charge in [-0.1, -0.05) is 15.9 Å². The van der Waals surface area contributed by atoms with Crippen LogP contribution in [-0.4, -0.2) is 18.3 Å². The van der Waals surface area contributed by atoms with E-state index < -0.39 is 0 Å². The van der Waals surface area contributed by atoms with Crippen molar-refractivity contribution in [3.8, 4) is 0 Å². The molecule has 1 aliphatic carbocycles. The molecule has 1 aromatic rings. The molecule has 1 saturated carbocycles. The summed E-state index contributed by atoms with van der Waals surface area (Å²) < 4.78 is 13.9.